The number of sulfonamides is 1. The van der Waals surface area contributed by atoms with E-state index in [4.69, 9.17) is 4.74 Å². The van der Waals surface area contributed by atoms with Gasteiger partial charge in [-0.05, 0) is 18.1 Å². The number of rotatable bonds is 3. The van der Waals surface area contributed by atoms with E-state index in [-0.39, 0.29) is 48.0 Å². The highest BCUT2D eigenvalue weighted by atomic mass is 32.2. The molecule has 2 aromatic rings. The van der Waals surface area contributed by atoms with E-state index >= 15 is 0 Å². The lowest BCUT2D eigenvalue weighted by molar-refractivity contribution is 0.101. The number of ether oxygens (including phenoxy) is 1. The van der Waals surface area contributed by atoms with Crippen LogP contribution >= 0.6 is 13.5 Å². The van der Waals surface area contributed by atoms with Crippen LogP contribution in [0.25, 0.3) is 0 Å². The van der Waals surface area contributed by atoms with Gasteiger partial charge in [0.2, 0.25) is 10.0 Å². The molecule has 1 aromatic heterocycles. The molecule has 0 saturated heterocycles. The second-order valence-corrected chi connectivity index (χ2v) is 8.33. The largest absolute Gasteiger partial charge is 0.488 e. The molecule has 0 spiro atoms. The quantitative estimate of drug-likeness (QED) is 0.778. The maximum Gasteiger partial charge on any atom is 0.276 e. The molecule has 11 heteroatoms. The first kappa shape index (κ1) is 22.2. The molecule has 7 nitrogen and oxygen atoms in total. The molecule has 1 aliphatic rings. The summed E-state index contributed by atoms with van der Waals surface area (Å²) in [4.78, 5) is 12.5. The van der Waals surface area contributed by atoms with Gasteiger partial charge < -0.3 is 14.6 Å². The van der Waals surface area contributed by atoms with Gasteiger partial charge in [-0.2, -0.15) is 13.5 Å². The number of anilines is 1. The molecule has 0 fully saturated rings. The fourth-order valence-corrected chi connectivity index (χ4v) is 4.30. The van der Waals surface area contributed by atoms with E-state index < -0.39 is 33.6 Å². The number of halogens is 2. The number of carbonyl (C=O) groups is 1. The SMILES string of the molecule is CC(C)[C@H]1COc2c(cn(C)c2C(=O)Nc2ccc(F)c(F)c2)S(=O)(=O)N1.S. The number of nitrogens with one attached hydrogen (secondary N) is 2. The number of hydrogen-bond acceptors (Lipinski definition) is 4. The Hall–Kier alpha value is -2.11. The van der Waals surface area contributed by atoms with Crippen LogP contribution in [0.5, 0.6) is 5.75 Å². The highest BCUT2D eigenvalue weighted by Crippen LogP contribution is 2.33. The molecule has 0 radical (unpaired) electrons. The summed E-state index contributed by atoms with van der Waals surface area (Å²) in [5.74, 6) is -2.95. The van der Waals surface area contributed by atoms with Crippen LogP contribution in [0, 0.1) is 17.6 Å². The molecular formula is C17H21F2N3O4S2. The predicted octanol–water partition coefficient (Wildman–Crippen LogP) is 2.36. The number of amides is 1. The van der Waals surface area contributed by atoms with Gasteiger partial charge in [0.05, 0.1) is 6.04 Å². The molecule has 0 bridgehead atoms. The first-order valence-corrected chi connectivity index (χ1v) is 9.69. The van der Waals surface area contributed by atoms with Gasteiger partial charge in [-0.25, -0.2) is 21.9 Å². The van der Waals surface area contributed by atoms with E-state index in [0.29, 0.717) is 0 Å². The molecule has 1 atom stereocenters. The second kappa shape index (κ2) is 8.10. The molecule has 1 aromatic carbocycles. The summed E-state index contributed by atoms with van der Waals surface area (Å²) >= 11 is 0. The summed E-state index contributed by atoms with van der Waals surface area (Å²) in [7, 11) is -2.38. The van der Waals surface area contributed by atoms with Gasteiger partial charge in [0.1, 0.15) is 11.5 Å². The van der Waals surface area contributed by atoms with Gasteiger partial charge >= 0.3 is 0 Å². The number of fused-ring (bicyclic) bond motifs is 1. The van der Waals surface area contributed by atoms with Crippen molar-refractivity contribution in [2.24, 2.45) is 13.0 Å². The van der Waals surface area contributed by atoms with E-state index in [1.807, 2.05) is 13.8 Å². The zero-order chi connectivity index (χ0) is 19.9. The third-order valence-corrected chi connectivity index (χ3v) is 5.79. The van der Waals surface area contributed by atoms with E-state index in [9.17, 15) is 22.0 Å². The Kier molecular flexibility index (Phi) is 6.41. The van der Waals surface area contributed by atoms with Gasteiger partial charge in [-0.1, -0.05) is 13.8 Å². The number of hydrogen-bond donors (Lipinski definition) is 2. The minimum Gasteiger partial charge on any atom is -0.488 e. The summed E-state index contributed by atoms with van der Waals surface area (Å²) < 4.78 is 61.2. The standard InChI is InChI=1S/C17H19F2N3O4S.H2S/c1-9(2)13-8-26-16-14(27(24,25)21-13)7-22(3)15(16)17(23)20-10-4-5-11(18)12(19)6-10;/h4-7,9,13,21H,8H2,1-3H3,(H,20,23);1H2/t13-;/m1./s1. The summed E-state index contributed by atoms with van der Waals surface area (Å²) in [6, 6.07) is 2.47. The predicted molar refractivity (Wildman–Crippen MR) is 105 cm³/mol. The molecule has 28 heavy (non-hydrogen) atoms. The van der Waals surface area contributed by atoms with Crippen LogP contribution in [0.15, 0.2) is 29.3 Å². The first-order chi connectivity index (χ1) is 12.6. The third-order valence-electron chi connectivity index (χ3n) is 4.30. The van der Waals surface area contributed by atoms with Crippen LogP contribution < -0.4 is 14.8 Å². The van der Waals surface area contributed by atoms with Crippen LogP contribution in [0.2, 0.25) is 0 Å². The average molecular weight is 434 g/mol. The van der Waals surface area contributed by atoms with Gasteiger partial charge in [-0.15, -0.1) is 0 Å². The zero-order valence-corrected chi connectivity index (χ0v) is 17.2. The first-order valence-electron chi connectivity index (χ1n) is 8.21. The van der Waals surface area contributed by atoms with Crippen LogP contribution in [-0.2, 0) is 17.1 Å². The molecule has 0 unspecified atom stereocenters. The lowest BCUT2D eigenvalue weighted by atomic mass is 10.1. The fraction of sp³-hybridized carbons (Fsp3) is 0.353. The van der Waals surface area contributed by atoms with Crippen molar-refractivity contribution in [1.82, 2.24) is 9.29 Å². The van der Waals surface area contributed by atoms with Crippen molar-refractivity contribution in [2.75, 3.05) is 11.9 Å². The average Bonchev–Trinajstić information content (AvgIpc) is 2.85. The van der Waals surface area contributed by atoms with E-state index in [0.717, 1.165) is 12.1 Å². The van der Waals surface area contributed by atoms with Crippen LogP contribution in [0.1, 0.15) is 24.3 Å². The Bertz CT molecular complexity index is 1010. The highest BCUT2D eigenvalue weighted by molar-refractivity contribution is 7.89. The maximum absolute atomic E-state index is 13.4. The summed E-state index contributed by atoms with van der Waals surface area (Å²) in [6.45, 7) is 3.76. The lowest BCUT2D eigenvalue weighted by Crippen LogP contribution is -2.40. The molecular weight excluding hydrogens is 412 g/mol. The number of aryl methyl sites for hydroxylation is 1. The molecule has 3 rings (SSSR count). The Balaban J connectivity index is 0.00000280. The van der Waals surface area contributed by atoms with Crippen molar-refractivity contribution >= 4 is 35.1 Å². The van der Waals surface area contributed by atoms with Gasteiger partial charge in [-0.3, -0.25) is 4.79 Å². The summed E-state index contributed by atoms with van der Waals surface area (Å²) in [5.41, 5.74) is -0.00646. The Morgan fingerprint density at radius 1 is 1.32 bits per heavy atom. The van der Waals surface area contributed by atoms with Crippen molar-refractivity contribution in [3.63, 3.8) is 0 Å². The maximum atomic E-state index is 13.4. The van der Waals surface area contributed by atoms with Crippen molar-refractivity contribution in [2.45, 2.75) is 24.8 Å². The van der Waals surface area contributed by atoms with Crippen LogP contribution in [0.3, 0.4) is 0 Å². The van der Waals surface area contributed by atoms with Crippen molar-refractivity contribution in [3.8, 4) is 5.75 Å². The van der Waals surface area contributed by atoms with Crippen molar-refractivity contribution in [3.05, 3.63) is 41.7 Å². The monoisotopic (exact) mass is 433 g/mol. The summed E-state index contributed by atoms with van der Waals surface area (Å²) in [6.07, 6.45) is 1.28. The Morgan fingerprint density at radius 3 is 2.61 bits per heavy atom. The Labute approximate surface area is 168 Å². The second-order valence-electron chi connectivity index (χ2n) is 6.65. The smallest absolute Gasteiger partial charge is 0.276 e. The fourth-order valence-electron chi connectivity index (χ4n) is 2.73. The number of nitrogens with zero attached hydrogens (tertiary/aromatic N) is 1. The number of aromatic nitrogens is 1. The minimum atomic E-state index is -3.88. The van der Waals surface area contributed by atoms with Crippen molar-refractivity contribution < 1.29 is 26.7 Å². The molecule has 2 heterocycles. The zero-order valence-electron chi connectivity index (χ0n) is 15.4. The van der Waals surface area contributed by atoms with E-state index in [1.165, 1.54) is 23.9 Å². The molecule has 2 N–H and O–H groups in total. The highest BCUT2D eigenvalue weighted by Gasteiger charge is 2.35. The molecule has 1 amide bonds. The molecule has 154 valence electrons. The molecule has 0 aliphatic carbocycles. The van der Waals surface area contributed by atoms with Gasteiger partial charge in [0, 0.05) is 25.0 Å². The van der Waals surface area contributed by atoms with Crippen LogP contribution in [0.4, 0.5) is 14.5 Å². The molecule has 0 saturated carbocycles. The van der Waals surface area contributed by atoms with Crippen LogP contribution in [-0.4, -0.2) is 31.5 Å². The third kappa shape index (κ3) is 4.15. The van der Waals surface area contributed by atoms with E-state index in [1.54, 1.807) is 0 Å². The summed E-state index contributed by atoms with van der Waals surface area (Å²) in [5, 5.41) is 2.42. The topological polar surface area (TPSA) is 89.4 Å². The normalized spacial score (nSPS) is 17.9. The Morgan fingerprint density at radius 2 is 2.00 bits per heavy atom. The lowest BCUT2D eigenvalue weighted by Gasteiger charge is -2.18. The van der Waals surface area contributed by atoms with Gasteiger partial charge in [0.25, 0.3) is 5.91 Å². The number of benzene rings is 1. The van der Waals surface area contributed by atoms with Gasteiger partial charge in [0.15, 0.2) is 23.1 Å². The van der Waals surface area contributed by atoms with Crippen molar-refractivity contribution in [1.29, 1.82) is 0 Å². The molecule has 1 aliphatic heterocycles. The minimum absolute atomic E-state index is 0. The number of carbonyl (C=O) groups excluding carboxylic acids is 1. The van der Waals surface area contributed by atoms with E-state index in [2.05, 4.69) is 10.0 Å².